The summed E-state index contributed by atoms with van der Waals surface area (Å²) >= 11 is 0. The number of halogens is 2. The van der Waals surface area contributed by atoms with Crippen LogP contribution in [-0.4, -0.2) is 6.29 Å². The van der Waals surface area contributed by atoms with Crippen LogP contribution in [0.1, 0.15) is 5.56 Å². The summed E-state index contributed by atoms with van der Waals surface area (Å²) in [5.74, 6) is -1.90. The molecule has 0 N–H and O–H groups in total. The molecule has 2 nitrogen and oxygen atoms in total. The Kier molecular flexibility index (Phi) is 2.04. The Hall–Kier alpha value is -1.71. The van der Waals surface area contributed by atoms with Crippen molar-refractivity contribution in [3.63, 3.8) is 0 Å². The van der Waals surface area contributed by atoms with Crippen molar-refractivity contribution in [1.82, 2.24) is 0 Å². The van der Waals surface area contributed by atoms with Crippen molar-refractivity contribution >= 4 is 17.3 Å². The third-order valence-electron chi connectivity index (χ3n) is 2.01. The van der Waals surface area contributed by atoms with Gasteiger partial charge in [-0.2, -0.15) is 0 Å². The molecular weight excluding hydrogens is 190 g/mol. The van der Waals surface area contributed by atoms with Crippen LogP contribution in [-0.2, 0) is 11.2 Å². The first kappa shape index (κ1) is 8.87. The molecule has 14 heavy (non-hydrogen) atoms. The third-order valence-corrected chi connectivity index (χ3v) is 2.01. The Balaban J connectivity index is 2.77. The SMILES string of the molecule is O=CCc1cc(F)c(F)c2ccoc12. The van der Waals surface area contributed by atoms with Gasteiger partial charge in [0.2, 0.25) is 0 Å². The molecule has 0 fully saturated rings. The second kappa shape index (κ2) is 3.21. The van der Waals surface area contributed by atoms with Gasteiger partial charge in [-0.3, -0.25) is 0 Å². The number of aldehydes is 1. The lowest BCUT2D eigenvalue weighted by molar-refractivity contribution is -0.107. The topological polar surface area (TPSA) is 30.2 Å². The van der Waals surface area contributed by atoms with Crippen LogP contribution in [0.25, 0.3) is 11.0 Å². The molecule has 0 aliphatic carbocycles. The van der Waals surface area contributed by atoms with E-state index in [9.17, 15) is 13.6 Å². The second-order valence-corrected chi connectivity index (χ2v) is 2.87. The Labute approximate surface area is 78.1 Å². The van der Waals surface area contributed by atoms with Gasteiger partial charge in [-0.1, -0.05) is 0 Å². The van der Waals surface area contributed by atoms with Crippen LogP contribution < -0.4 is 0 Å². The molecule has 1 heterocycles. The van der Waals surface area contributed by atoms with E-state index in [1.54, 1.807) is 0 Å². The van der Waals surface area contributed by atoms with Crippen LogP contribution >= 0.6 is 0 Å². The molecule has 2 aromatic rings. The van der Waals surface area contributed by atoms with E-state index >= 15 is 0 Å². The van der Waals surface area contributed by atoms with Gasteiger partial charge in [0, 0.05) is 12.0 Å². The maximum atomic E-state index is 13.1. The van der Waals surface area contributed by atoms with Crippen molar-refractivity contribution in [1.29, 1.82) is 0 Å². The van der Waals surface area contributed by atoms with E-state index in [1.165, 1.54) is 12.3 Å². The number of hydrogen-bond donors (Lipinski definition) is 0. The first-order chi connectivity index (χ1) is 6.74. The number of carbonyl (C=O) groups excluding carboxylic acids is 1. The molecular formula is C10H6F2O2. The maximum Gasteiger partial charge on any atom is 0.169 e. The van der Waals surface area contributed by atoms with Gasteiger partial charge < -0.3 is 9.21 Å². The smallest absolute Gasteiger partial charge is 0.169 e. The molecule has 0 saturated heterocycles. The molecule has 0 atom stereocenters. The van der Waals surface area contributed by atoms with E-state index in [4.69, 9.17) is 4.42 Å². The van der Waals surface area contributed by atoms with E-state index in [0.29, 0.717) is 11.8 Å². The van der Waals surface area contributed by atoms with E-state index < -0.39 is 11.6 Å². The predicted octanol–water partition coefficient (Wildman–Crippen LogP) is 2.45. The summed E-state index contributed by atoms with van der Waals surface area (Å²) in [7, 11) is 0. The molecule has 0 radical (unpaired) electrons. The van der Waals surface area contributed by atoms with Crippen LogP contribution in [0.3, 0.4) is 0 Å². The molecule has 0 amide bonds. The summed E-state index contributed by atoms with van der Waals surface area (Å²) in [5.41, 5.74) is 0.593. The summed E-state index contributed by atoms with van der Waals surface area (Å²) in [4.78, 5) is 10.3. The number of hydrogen-bond acceptors (Lipinski definition) is 2. The summed E-state index contributed by atoms with van der Waals surface area (Å²) in [5, 5.41) is 0.0712. The van der Waals surface area contributed by atoms with E-state index in [0.717, 1.165) is 6.07 Å². The summed E-state index contributed by atoms with van der Waals surface area (Å²) in [6.45, 7) is 0. The van der Waals surface area contributed by atoms with Gasteiger partial charge in [-0.25, -0.2) is 8.78 Å². The van der Waals surface area contributed by atoms with Crippen molar-refractivity contribution in [3.8, 4) is 0 Å². The van der Waals surface area contributed by atoms with E-state index in [2.05, 4.69) is 0 Å². The average Bonchev–Trinajstić information content (AvgIpc) is 2.63. The van der Waals surface area contributed by atoms with Gasteiger partial charge in [-0.15, -0.1) is 0 Å². The second-order valence-electron chi connectivity index (χ2n) is 2.87. The molecule has 72 valence electrons. The summed E-state index contributed by atoms with van der Waals surface area (Å²) in [6, 6.07) is 2.32. The van der Waals surface area contributed by atoms with Crippen LogP contribution in [0.4, 0.5) is 8.78 Å². The fourth-order valence-corrected chi connectivity index (χ4v) is 1.38. The first-order valence-electron chi connectivity index (χ1n) is 4.01. The number of fused-ring (bicyclic) bond motifs is 1. The van der Waals surface area contributed by atoms with Crippen molar-refractivity contribution in [2.24, 2.45) is 0 Å². The fourth-order valence-electron chi connectivity index (χ4n) is 1.38. The van der Waals surface area contributed by atoms with E-state index in [1.807, 2.05) is 0 Å². The predicted molar refractivity (Wildman–Crippen MR) is 45.9 cm³/mol. The monoisotopic (exact) mass is 196 g/mol. The quantitative estimate of drug-likeness (QED) is 0.690. The Morgan fingerprint density at radius 2 is 2.21 bits per heavy atom. The number of carbonyl (C=O) groups is 1. The zero-order chi connectivity index (χ0) is 10.1. The highest BCUT2D eigenvalue weighted by Gasteiger charge is 2.13. The highest BCUT2D eigenvalue weighted by Crippen LogP contribution is 2.25. The van der Waals surface area contributed by atoms with Gasteiger partial charge in [0.15, 0.2) is 11.6 Å². The van der Waals surface area contributed by atoms with E-state index in [-0.39, 0.29) is 17.4 Å². The number of rotatable bonds is 2. The van der Waals surface area contributed by atoms with Gasteiger partial charge in [0.25, 0.3) is 0 Å². The molecule has 0 aliphatic heterocycles. The molecule has 2 rings (SSSR count). The molecule has 0 saturated carbocycles. The normalized spacial score (nSPS) is 10.7. The summed E-state index contributed by atoms with van der Waals surface area (Å²) in [6.07, 6.45) is 1.90. The Morgan fingerprint density at radius 1 is 1.43 bits per heavy atom. The molecule has 4 heteroatoms. The summed E-state index contributed by atoms with van der Waals surface area (Å²) < 4.78 is 31.1. The number of benzene rings is 1. The molecule has 1 aromatic carbocycles. The largest absolute Gasteiger partial charge is 0.464 e. The van der Waals surface area contributed by atoms with Crippen LogP contribution in [0.5, 0.6) is 0 Å². The maximum absolute atomic E-state index is 13.1. The lowest BCUT2D eigenvalue weighted by Gasteiger charge is -1.99. The zero-order valence-corrected chi connectivity index (χ0v) is 7.09. The zero-order valence-electron chi connectivity index (χ0n) is 7.09. The van der Waals surface area contributed by atoms with Gasteiger partial charge >= 0.3 is 0 Å². The molecule has 0 bridgehead atoms. The Bertz CT molecular complexity index is 488. The standard InChI is InChI=1S/C10H6F2O2/c11-8-5-6(1-3-13)10-7(9(8)12)2-4-14-10/h2-5H,1H2. The van der Waals surface area contributed by atoms with Crippen LogP contribution in [0.15, 0.2) is 22.8 Å². The third kappa shape index (κ3) is 1.19. The molecule has 0 aliphatic rings. The fraction of sp³-hybridized carbons (Fsp3) is 0.100. The van der Waals surface area contributed by atoms with Crippen molar-refractivity contribution < 1.29 is 18.0 Å². The molecule has 1 aromatic heterocycles. The average molecular weight is 196 g/mol. The first-order valence-corrected chi connectivity index (χ1v) is 4.01. The lowest BCUT2D eigenvalue weighted by atomic mass is 10.1. The highest BCUT2D eigenvalue weighted by atomic mass is 19.2. The minimum absolute atomic E-state index is 0.0151. The molecule has 0 unspecified atom stereocenters. The van der Waals surface area contributed by atoms with Gasteiger partial charge in [0.05, 0.1) is 11.6 Å². The highest BCUT2D eigenvalue weighted by molar-refractivity contribution is 5.83. The Morgan fingerprint density at radius 3 is 2.93 bits per heavy atom. The molecule has 0 spiro atoms. The number of furan rings is 1. The van der Waals surface area contributed by atoms with Gasteiger partial charge in [0.1, 0.15) is 11.9 Å². The van der Waals surface area contributed by atoms with Gasteiger partial charge in [-0.05, 0) is 12.1 Å². The van der Waals surface area contributed by atoms with Crippen LogP contribution in [0.2, 0.25) is 0 Å². The van der Waals surface area contributed by atoms with Crippen LogP contribution in [0, 0.1) is 11.6 Å². The minimum Gasteiger partial charge on any atom is -0.464 e. The lowest BCUT2D eigenvalue weighted by Crippen LogP contribution is -1.92. The minimum atomic E-state index is -0.962. The van der Waals surface area contributed by atoms with Crippen molar-refractivity contribution in [2.45, 2.75) is 6.42 Å². The van der Waals surface area contributed by atoms with Crippen molar-refractivity contribution in [3.05, 3.63) is 35.6 Å². The van der Waals surface area contributed by atoms with Crippen molar-refractivity contribution in [2.75, 3.05) is 0 Å².